The Labute approximate surface area is 181 Å². The van der Waals surface area contributed by atoms with E-state index in [9.17, 15) is 4.79 Å². The number of benzene rings is 1. The molecular weight excluding hydrogens is 376 g/mol. The Kier molecular flexibility index (Phi) is 6.27. The van der Waals surface area contributed by atoms with Crippen LogP contribution >= 0.6 is 0 Å². The van der Waals surface area contributed by atoms with Crippen LogP contribution in [0.3, 0.4) is 0 Å². The molecule has 2 aromatic rings. The highest BCUT2D eigenvalue weighted by Gasteiger charge is 2.51. The molecule has 4 rings (SSSR count). The van der Waals surface area contributed by atoms with Gasteiger partial charge in [-0.3, -0.25) is 4.79 Å². The highest BCUT2D eigenvalue weighted by molar-refractivity contribution is 6.01. The maximum Gasteiger partial charge on any atom is 0.175 e. The van der Waals surface area contributed by atoms with Crippen LogP contribution in [0.1, 0.15) is 101 Å². The van der Waals surface area contributed by atoms with Gasteiger partial charge in [0.2, 0.25) is 0 Å². The molecule has 1 saturated carbocycles. The van der Waals surface area contributed by atoms with Crippen molar-refractivity contribution >= 4 is 17.3 Å². The van der Waals surface area contributed by atoms with Gasteiger partial charge in [-0.1, -0.05) is 48.0 Å². The fourth-order valence-corrected chi connectivity index (χ4v) is 6.32. The molecule has 0 aliphatic heterocycles. The summed E-state index contributed by atoms with van der Waals surface area (Å²) in [6.07, 6.45) is 6.80. The molecule has 166 valence electrons. The number of ether oxygens (including phenoxy) is 2. The quantitative estimate of drug-likeness (QED) is 0.496. The number of hydrogen-bond acceptors (Lipinski definition) is 4. The second-order valence-electron chi connectivity index (χ2n) is 9.65. The molecule has 0 radical (unpaired) electrons. The maximum absolute atomic E-state index is 12.0. The Hall–Kier alpha value is -1.97. The van der Waals surface area contributed by atoms with E-state index < -0.39 is 0 Å². The van der Waals surface area contributed by atoms with E-state index in [1.165, 1.54) is 24.8 Å². The molecule has 1 aromatic heterocycles. The summed E-state index contributed by atoms with van der Waals surface area (Å²) in [5.41, 5.74) is 2.73. The maximum atomic E-state index is 12.0. The van der Waals surface area contributed by atoms with Crippen molar-refractivity contribution in [3.8, 4) is 11.5 Å². The highest BCUT2D eigenvalue weighted by atomic mass is 16.5. The number of hydrogen-bond donors (Lipinski definition) is 0. The van der Waals surface area contributed by atoms with Gasteiger partial charge < -0.3 is 13.9 Å². The third kappa shape index (κ3) is 3.23. The van der Waals surface area contributed by atoms with Gasteiger partial charge in [-0.25, -0.2) is 0 Å². The first-order valence-corrected chi connectivity index (χ1v) is 11.5. The Morgan fingerprint density at radius 2 is 1.80 bits per heavy atom. The van der Waals surface area contributed by atoms with E-state index in [1.807, 2.05) is 19.9 Å². The molecule has 1 unspecified atom stereocenters. The zero-order valence-corrected chi connectivity index (χ0v) is 20.0. The van der Waals surface area contributed by atoms with Crippen molar-refractivity contribution in [3.63, 3.8) is 0 Å². The molecular formula is C26H38O4. The molecule has 0 N–H and O–H groups in total. The van der Waals surface area contributed by atoms with Gasteiger partial charge in [-0.2, -0.15) is 0 Å². The molecule has 4 heteroatoms. The predicted octanol–water partition coefficient (Wildman–Crippen LogP) is 7.27. The summed E-state index contributed by atoms with van der Waals surface area (Å²) >= 11 is 0. The normalized spacial score (nSPS) is 27.2. The van der Waals surface area contributed by atoms with Crippen LogP contribution in [0, 0.1) is 11.3 Å². The average molecular weight is 415 g/mol. The fourth-order valence-electron chi connectivity index (χ4n) is 6.32. The second-order valence-corrected chi connectivity index (χ2v) is 9.65. The Morgan fingerprint density at radius 3 is 2.40 bits per heavy atom. The number of aldehydes is 1. The lowest BCUT2D eigenvalue weighted by atomic mass is 9.53. The van der Waals surface area contributed by atoms with Crippen LogP contribution in [0.25, 0.3) is 11.0 Å². The first-order chi connectivity index (χ1) is 14.3. The largest absolute Gasteiger partial charge is 0.493 e. The zero-order chi connectivity index (χ0) is 22.3. The van der Waals surface area contributed by atoms with E-state index in [0.29, 0.717) is 39.9 Å². The third-order valence-corrected chi connectivity index (χ3v) is 7.64. The van der Waals surface area contributed by atoms with Gasteiger partial charge in [0.1, 0.15) is 16.9 Å². The van der Waals surface area contributed by atoms with Crippen LogP contribution in [0.2, 0.25) is 0 Å². The fraction of sp³-hybridized carbons (Fsp3) is 0.654. The van der Waals surface area contributed by atoms with E-state index in [4.69, 9.17) is 13.9 Å². The molecule has 1 aromatic carbocycles. The lowest BCUT2D eigenvalue weighted by molar-refractivity contribution is 0.0504. The van der Waals surface area contributed by atoms with Gasteiger partial charge in [0.25, 0.3) is 0 Å². The molecule has 2 aliphatic rings. The topological polar surface area (TPSA) is 48.7 Å². The van der Waals surface area contributed by atoms with Gasteiger partial charge in [0.05, 0.1) is 14.2 Å². The summed E-state index contributed by atoms with van der Waals surface area (Å²) < 4.78 is 17.6. The first kappa shape index (κ1) is 22.7. The van der Waals surface area contributed by atoms with E-state index in [1.54, 1.807) is 14.2 Å². The zero-order valence-electron chi connectivity index (χ0n) is 20.0. The molecule has 1 heterocycles. The van der Waals surface area contributed by atoms with Crippen LogP contribution in [0.15, 0.2) is 10.5 Å². The molecule has 0 spiro atoms. The Balaban J connectivity index is 0.00000124. The minimum absolute atomic E-state index is 0.0346. The van der Waals surface area contributed by atoms with Gasteiger partial charge in [-0.05, 0) is 48.5 Å². The Bertz CT molecular complexity index is 923. The summed E-state index contributed by atoms with van der Waals surface area (Å²) in [6, 6.07) is 2.02. The number of carbonyl (C=O) groups is 1. The first-order valence-electron chi connectivity index (χ1n) is 11.5. The molecule has 3 atom stereocenters. The predicted molar refractivity (Wildman–Crippen MR) is 122 cm³/mol. The molecule has 1 fully saturated rings. The summed E-state index contributed by atoms with van der Waals surface area (Å²) in [5.74, 6) is 3.01. The number of furan rings is 1. The van der Waals surface area contributed by atoms with Crippen molar-refractivity contribution in [2.75, 3.05) is 14.2 Å². The van der Waals surface area contributed by atoms with Crippen LogP contribution in [0.5, 0.6) is 11.5 Å². The summed E-state index contributed by atoms with van der Waals surface area (Å²) in [7, 11) is 3.18. The smallest absolute Gasteiger partial charge is 0.175 e. The summed E-state index contributed by atoms with van der Waals surface area (Å²) in [5, 5.41) is 1.02. The van der Waals surface area contributed by atoms with Crippen LogP contribution in [-0.2, 0) is 5.41 Å². The second kappa shape index (κ2) is 8.28. The van der Waals surface area contributed by atoms with Crippen molar-refractivity contribution in [1.82, 2.24) is 0 Å². The average Bonchev–Trinajstić information content (AvgIpc) is 3.07. The number of carbonyl (C=O) groups excluding carboxylic acids is 1. The van der Waals surface area contributed by atoms with Crippen LogP contribution in [-0.4, -0.2) is 20.5 Å². The van der Waals surface area contributed by atoms with Gasteiger partial charge in [-0.15, -0.1) is 0 Å². The van der Waals surface area contributed by atoms with Gasteiger partial charge >= 0.3 is 0 Å². The molecule has 2 aliphatic carbocycles. The van der Waals surface area contributed by atoms with E-state index in [0.717, 1.165) is 30.3 Å². The van der Waals surface area contributed by atoms with Crippen molar-refractivity contribution in [2.45, 2.75) is 85.0 Å². The van der Waals surface area contributed by atoms with Crippen molar-refractivity contribution in [1.29, 1.82) is 0 Å². The number of fused-ring (bicyclic) bond motifs is 5. The van der Waals surface area contributed by atoms with E-state index >= 15 is 0 Å². The van der Waals surface area contributed by atoms with Gasteiger partial charge in [0.15, 0.2) is 17.8 Å². The van der Waals surface area contributed by atoms with Gasteiger partial charge in [0, 0.05) is 16.9 Å². The highest BCUT2D eigenvalue weighted by Crippen LogP contribution is 2.60. The standard InChI is InChI=1S/C24H32O4.C2H6/c1-14-8-9-18-23(2,3)10-7-11-24(18,4)19-15-12-17(26-5)22(27-6)16(13-25)21(15)28-20(14)19;1-2/h12-14,18H,7-11H2,1-6H3;1-2H3/t14-,18?,24+;/m1./s1. The summed E-state index contributed by atoms with van der Waals surface area (Å²) in [6.45, 7) is 13.5. The lowest BCUT2D eigenvalue weighted by Crippen LogP contribution is -2.44. The molecule has 0 amide bonds. The molecule has 4 nitrogen and oxygen atoms in total. The molecule has 30 heavy (non-hydrogen) atoms. The number of methoxy groups -OCH3 is 2. The molecule has 0 saturated heterocycles. The lowest BCUT2D eigenvalue weighted by Gasteiger charge is -2.50. The monoisotopic (exact) mass is 414 g/mol. The summed E-state index contributed by atoms with van der Waals surface area (Å²) in [4.78, 5) is 12.0. The van der Waals surface area contributed by atoms with Crippen molar-refractivity contribution in [2.24, 2.45) is 11.3 Å². The Morgan fingerprint density at radius 1 is 1.10 bits per heavy atom. The van der Waals surface area contributed by atoms with E-state index in [2.05, 4.69) is 27.7 Å². The van der Waals surface area contributed by atoms with Crippen LogP contribution in [0.4, 0.5) is 0 Å². The van der Waals surface area contributed by atoms with Crippen LogP contribution < -0.4 is 9.47 Å². The molecule has 0 bridgehead atoms. The SMILES string of the molecule is CC.COc1cc2c3c(oc2c(C=O)c1OC)[C@H](C)CCC1C(C)(C)CCC[C@]31C. The number of rotatable bonds is 3. The van der Waals surface area contributed by atoms with Crippen molar-refractivity contribution < 1.29 is 18.7 Å². The van der Waals surface area contributed by atoms with E-state index in [-0.39, 0.29) is 5.41 Å². The van der Waals surface area contributed by atoms with Crippen molar-refractivity contribution in [3.05, 3.63) is 23.0 Å². The minimum atomic E-state index is 0.0346. The minimum Gasteiger partial charge on any atom is -0.493 e. The third-order valence-electron chi connectivity index (χ3n) is 7.64.